The second-order valence-corrected chi connectivity index (χ2v) is 5.43. The van der Waals surface area contributed by atoms with E-state index in [9.17, 15) is 19.2 Å². The van der Waals surface area contributed by atoms with Crippen LogP contribution < -0.4 is 20.7 Å². The normalized spacial score (nSPS) is 9.79. The van der Waals surface area contributed by atoms with E-state index in [0.717, 1.165) is 0 Å². The summed E-state index contributed by atoms with van der Waals surface area (Å²) in [6.07, 6.45) is 0. The van der Waals surface area contributed by atoms with Gasteiger partial charge in [0, 0.05) is 12.6 Å². The number of benzene rings is 2. The minimum Gasteiger partial charge on any atom is -0.497 e. The molecule has 28 heavy (non-hydrogen) atoms. The average molecular weight is 385 g/mol. The van der Waals surface area contributed by atoms with E-state index in [1.807, 2.05) is 5.32 Å². The van der Waals surface area contributed by atoms with Gasteiger partial charge in [-0.2, -0.15) is 0 Å². The van der Waals surface area contributed by atoms with Crippen LogP contribution in [0.4, 0.5) is 10.5 Å². The van der Waals surface area contributed by atoms with E-state index in [1.54, 1.807) is 36.4 Å². The van der Waals surface area contributed by atoms with Gasteiger partial charge in [-0.05, 0) is 36.4 Å². The number of esters is 1. The smallest absolute Gasteiger partial charge is 0.340 e. The monoisotopic (exact) mass is 385 g/mol. The number of anilines is 1. The van der Waals surface area contributed by atoms with Gasteiger partial charge < -0.3 is 20.1 Å². The van der Waals surface area contributed by atoms with E-state index in [2.05, 4.69) is 10.6 Å². The van der Waals surface area contributed by atoms with Crippen molar-refractivity contribution in [2.75, 3.05) is 26.1 Å². The maximum atomic E-state index is 12.4. The number of urea groups is 1. The van der Waals surface area contributed by atoms with E-state index in [0.29, 0.717) is 11.3 Å². The van der Waals surface area contributed by atoms with Crippen molar-refractivity contribution in [1.82, 2.24) is 10.6 Å². The molecule has 0 radical (unpaired) electrons. The van der Waals surface area contributed by atoms with Crippen LogP contribution in [0.2, 0.25) is 0 Å². The zero-order valence-corrected chi connectivity index (χ0v) is 15.3. The van der Waals surface area contributed by atoms with E-state index in [-0.39, 0.29) is 11.3 Å². The average Bonchev–Trinajstić information content (AvgIpc) is 2.72. The highest BCUT2D eigenvalue weighted by atomic mass is 16.5. The fourth-order valence-corrected chi connectivity index (χ4v) is 2.14. The Hall–Kier alpha value is -3.88. The molecule has 4 amide bonds. The van der Waals surface area contributed by atoms with Gasteiger partial charge in [0.2, 0.25) is 0 Å². The summed E-state index contributed by atoms with van der Waals surface area (Å²) in [7, 11) is 2.86. The maximum absolute atomic E-state index is 12.4. The Balaban J connectivity index is 2.04. The van der Waals surface area contributed by atoms with Gasteiger partial charge in [-0.3, -0.25) is 14.9 Å². The van der Waals surface area contributed by atoms with Gasteiger partial charge in [-0.15, -0.1) is 0 Å². The standard InChI is InChI=1S/C19H19N3O6/c1-20-19(26)22-16(23)11-28-18(25)14-5-3-4-6-15(14)21-17(24)12-7-9-13(27-2)10-8-12/h3-10H,11H2,1-2H3,(H,21,24)(H2,20,22,23,26). The summed E-state index contributed by atoms with van der Waals surface area (Å²) in [5.74, 6) is -1.43. The lowest BCUT2D eigenvalue weighted by molar-refractivity contribution is -0.123. The first-order valence-electron chi connectivity index (χ1n) is 8.17. The fraction of sp³-hybridized carbons (Fsp3) is 0.158. The molecule has 9 nitrogen and oxygen atoms in total. The zero-order valence-electron chi connectivity index (χ0n) is 15.3. The summed E-state index contributed by atoms with van der Waals surface area (Å²) in [5.41, 5.74) is 0.658. The predicted molar refractivity (Wildman–Crippen MR) is 100 cm³/mol. The van der Waals surface area contributed by atoms with Crippen LogP contribution in [0.1, 0.15) is 20.7 Å². The molecule has 0 fully saturated rings. The van der Waals surface area contributed by atoms with Crippen molar-refractivity contribution in [1.29, 1.82) is 0 Å². The highest BCUT2D eigenvalue weighted by Gasteiger charge is 2.17. The van der Waals surface area contributed by atoms with Crippen LogP contribution in [-0.2, 0) is 9.53 Å². The molecule has 0 bridgehead atoms. The van der Waals surface area contributed by atoms with Gasteiger partial charge >= 0.3 is 12.0 Å². The van der Waals surface area contributed by atoms with E-state index in [4.69, 9.17) is 9.47 Å². The quantitative estimate of drug-likeness (QED) is 0.649. The van der Waals surface area contributed by atoms with Crippen LogP contribution in [0.15, 0.2) is 48.5 Å². The number of rotatable bonds is 6. The molecule has 146 valence electrons. The van der Waals surface area contributed by atoms with Gasteiger partial charge in [0.15, 0.2) is 6.61 Å². The number of carbonyl (C=O) groups is 4. The minimum absolute atomic E-state index is 0.0668. The topological polar surface area (TPSA) is 123 Å². The van der Waals surface area contributed by atoms with Gasteiger partial charge in [0.05, 0.1) is 18.4 Å². The molecule has 0 saturated carbocycles. The number of hydrogen-bond acceptors (Lipinski definition) is 6. The number of carbonyl (C=O) groups excluding carboxylic acids is 4. The van der Waals surface area contributed by atoms with Crippen LogP contribution >= 0.6 is 0 Å². The second kappa shape index (κ2) is 9.72. The van der Waals surface area contributed by atoms with Crippen molar-refractivity contribution in [2.45, 2.75) is 0 Å². The number of para-hydroxylation sites is 1. The molecule has 2 aromatic carbocycles. The molecular formula is C19H19N3O6. The Morgan fingerprint density at radius 2 is 1.64 bits per heavy atom. The summed E-state index contributed by atoms with van der Waals surface area (Å²) in [6, 6.07) is 11.9. The number of hydrogen-bond donors (Lipinski definition) is 3. The highest BCUT2D eigenvalue weighted by Crippen LogP contribution is 2.18. The zero-order chi connectivity index (χ0) is 20.5. The lowest BCUT2D eigenvalue weighted by Gasteiger charge is -2.11. The number of nitrogens with one attached hydrogen (secondary N) is 3. The number of imide groups is 1. The number of methoxy groups -OCH3 is 1. The van der Waals surface area contributed by atoms with Crippen LogP contribution in [0, 0.1) is 0 Å². The van der Waals surface area contributed by atoms with Crippen LogP contribution in [0.5, 0.6) is 5.75 Å². The van der Waals surface area contributed by atoms with E-state index in [1.165, 1.54) is 26.3 Å². The number of amides is 4. The van der Waals surface area contributed by atoms with Crippen molar-refractivity contribution in [2.24, 2.45) is 0 Å². The summed E-state index contributed by atoms with van der Waals surface area (Å²) in [5, 5.41) is 6.80. The maximum Gasteiger partial charge on any atom is 0.340 e. The Bertz CT molecular complexity index is 879. The minimum atomic E-state index is -0.822. The fourth-order valence-electron chi connectivity index (χ4n) is 2.14. The molecule has 0 heterocycles. The Labute approximate surface area is 161 Å². The van der Waals surface area contributed by atoms with E-state index >= 15 is 0 Å². The van der Waals surface area contributed by atoms with Crippen LogP contribution in [0.3, 0.4) is 0 Å². The van der Waals surface area contributed by atoms with E-state index < -0.39 is 30.4 Å². The summed E-state index contributed by atoms with van der Waals surface area (Å²) < 4.78 is 9.94. The molecule has 0 unspecified atom stereocenters. The SMILES string of the molecule is CNC(=O)NC(=O)COC(=O)c1ccccc1NC(=O)c1ccc(OC)cc1. The third kappa shape index (κ3) is 5.56. The second-order valence-electron chi connectivity index (χ2n) is 5.43. The Kier molecular flexibility index (Phi) is 7.09. The van der Waals surface area contributed by atoms with Crippen molar-refractivity contribution in [3.05, 3.63) is 59.7 Å². The number of ether oxygens (including phenoxy) is 2. The summed E-state index contributed by atoms with van der Waals surface area (Å²) >= 11 is 0. The molecule has 0 aliphatic heterocycles. The Morgan fingerprint density at radius 1 is 0.964 bits per heavy atom. The van der Waals surface area contributed by atoms with Gasteiger partial charge in [0.25, 0.3) is 11.8 Å². The molecule has 3 N–H and O–H groups in total. The molecule has 0 aliphatic rings. The van der Waals surface area contributed by atoms with Crippen LogP contribution in [0.25, 0.3) is 0 Å². The van der Waals surface area contributed by atoms with Crippen molar-refractivity contribution in [3.8, 4) is 5.75 Å². The molecule has 2 rings (SSSR count). The summed E-state index contributed by atoms with van der Waals surface area (Å²) in [4.78, 5) is 47.2. The highest BCUT2D eigenvalue weighted by molar-refractivity contribution is 6.08. The van der Waals surface area contributed by atoms with Crippen LogP contribution in [-0.4, -0.2) is 44.6 Å². The van der Waals surface area contributed by atoms with Gasteiger partial charge in [-0.1, -0.05) is 12.1 Å². The molecule has 2 aromatic rings. The summed E-state index contributed by atoms with van der Waals surface area (Å²) in [6.45, 7) is -0.646. The third-order valence-electron chi connectivity index (χ3n) is 3.56. The first-order valence-corrected chi connectivity index (χ1v) is 8.17. The Morgan fingerprint density at radius 3 is 2.29 bits per heavy atom. The molecule has 9 heteroatoms. The lowest BCUT2D eigenvalue weighted by Crippen LogP contribution is -2.39. The molecule has 0 aliphatic carbocycles. The molecular weight excluding hydrogens is 366 g/mol. The predicted octanol–water partition coefficient (Wildman–Crippen LogP) is 1.56. The third-order valence-corrected chi connectivity index (χ3v) is 3.56. The van der Waals surface area contributed by atoms with Gasteiger partial charge in [-0.25, -0.2) is 9.59 Å². The molecule has 0 atom stereocenters. The molecule has 0 aromatic heterocycles. The first-order chi connectivity index (χ1) is 13.4. The molecule has 0 spiro atoms. The van der Waals surface area contributed by atoms with Crippen molar-refractivity contribution in [3.63, 3.8) is 0 Å². The first kappa shape index (κ1) is 20.4. The van der Waals surface area contributed by atoms with Crippen molar-refractivity contribution < 1.29 is 28.7 Å². The molecule has 0 saturated heterocycles. The lowest BCUT2D eigenvalue weighted by atomic mass is 10.1. The van der Waals surface area contributed by atoms with Crippen molar-refractivity contribution >= 4 is 29.5 Å². The van der Waals surface area contributed by atoms with Gasteiger partial charge in [0.1, 0.15) is 5.75 Å². The largest absolute Gasteiger partial charge is 0.497 e.